The van der Waals surface area contributed by atoms with E-state index in [1.54, 1.807) is 20.8 Å². The average Bonchev–Trinajstić information content (AvgIpc) is 2.98. The van der Waals surface area contributed by atoms with Crippen LogP contribution in [0.1, 0.15) is 25.6 Å². The number of ether oxygens (including phenoxy) is 1. The maximum absolute atomic E-state index is 12.7. The molecule has 26 heavy (non-hydrogen) atoms. The van der Waals surface area contributed by atoms with Crippen molar-refractivity contribution in [2.75, 3.05) is 0 Å². The predicted octanol–water partition coefficient (Wildman–Crippen LogP) is 1.96. The Hall–Kier alpha value is -3.04. The quantitative estimate of drug-likeness (QED) is 0.740. The third-order valence-corrected chi connectivity index (χ3v) is 3.84. The second-order valence-electron chi connectivity index (χ2n) is 6.44. The number of aromatic nitrogens is 4. The van der Waals surface area contributed by atoms with Crippen molar-refractivity contribution < 1.29 is 18.0 Å². The number of hydrogen-bond acceptors (Lipinski definition) is 6. The number of benzene rings is 1. The van der Waals surface area contributed by atoms with Crippen molar-refractivity contribution in [1.82, 2.24) is 19.7 Å². The van der Waals surface area contributed by atoms with Crippen molar-refractivity contribution >= 4 is 10.9 Å². The van der Waals surface area contributed by atoms with Crippen LogP contribution in [0, 0.1) is 6.92 Å². The molecule has 10 heteroatoms. The molecule has 3 aromatic rings. The Bertz CT molecular complexity index is 1070. The number of rotatable bonds is 5. The Morgan fingerprint density at radius 2 is 2.08 bits per heavy atom. The van der Waals surface area contributed by atoms with Gasteiger partial charge in [0.15, 0.2) is 5.82 Å². The summed E-state index contributed by atoms with van der Waals surface area (Å²) < 4.78 is 35.1. The van der Waals surface area contributed by atoms with Gasteiger partial charge in [-0.3, -0.25) is 9.36 Å². The van der Waals surface area contributed by atoms with Gasteiger partial charge in [0.1, 0.15) is 5.75 Å². The van der Waals surface area contributed by atoms with Crippen LogP contribution >= 0.6 is 0 Å². The Morgan fingerprint density at radius 3 is 2.69 bits per heavy atom. The minimum absolute atomic E-state index is 0.00593. The molecule has 138 valence electrons. The smallest absolute Gasteiger partial charge is 0.387 e. The molecule has 0 radical (unpaired) electrons. The first-order valence-electron chi connectivity index (χ1n) is 7.70. The zero-order valence-electron chi connectivity index (χ0n) is 14.2. The van der Waals surface area contributed by atoms with Crippen LogP contribution in [0.3, 0.4) is 0 Å². The highest BCUT2D eigenvalue weighted by molar-refractivity contribution is 5.78. The summed E-state index contributed by atoms with van der Waals surface area (Å²) in [5.74, 6) is 0.587. The molecule has 0 aliphatic rings. The third kappa shape index (κ3) is 3.35. The van der Waals surface area contributed by atoms with E-state index >= 15 is 0 Å². The number of H-pyrrole nitrogens is 1. The normalized spacial score (nSPS) is 12.1. The van der Waals surface area contributed by atoms with Crippen LogP contribution in [0.4, 0.5) is 8.78 Å². The van der Waals surface area contributed by atoms with Gasteiger partial charge in [0, 0.05) is 12.6 Å². The lowest BCUT2D eigenvalue weighted by Gasteiger charge is -2.20. The van der Waals surface area contributed by atoms with E-state index in [0.29, 0.717) is 11.7 Å². The van der Waals surface area contributed by atoms with Crippen LogP contribution in [0.5, 0.6) is 5.75 Å². The van der Waals surface area contributed by atoms with Crippen LogP contribution in [-0.4, -0.2) is 26.3 Å². The standard InChI is InChI=1S/C16H16F2N4O4/c1-8-19-13(26-21-8)16(2,3)7-22-12(23)10-5-4-9(25-14(17)18)6-11(10)20-15(22)24/h4-6,14H,7H2,1-3H3,(H,20,24). The number of nitrogens with zero attached hydrogens (tertiary/aromatic N) is 3. The molecule has 0 amide bonds. The van der Waals surface area contributed by atoms with Gasteiger partial charge in [0.2, 0.25) is 5.89 Å². The summed E-state index contributed by atoms with van der Waals surface area (Å²) in [6.07, 6.45) is 0. The zero-order valence-corrected chi connectivity index (χ0v) is 14.2. The summed E-state index contributed by atoms with van der Waals surface area (Å²) >= 11 is 0. The number of hydrogen-bond donors (Lipinski definition) is 1. The number of aryl methyl sites for hydroxylation is 1. The SMILES string of the molecule is Cc1noc(C(C)(C)Cn2c(=O)[nH]c3cc(OC(F)F)ccc3c2=O)n1. The fraction of sp³-hybridized carbons (Fsp3) is 0.375. The minimum atomic E-state index is -3.00. The van der Waals surface area contributed by atoms with Crippen molar-refractivity contribution in [2.24, 2.45) is 0 Å². The first-order valence-corrected chi connectivity index (χ1v) is 7.70. The van der Waals surface area contributed by atoms with Gasteiger partial charge >= 0.3 is 12.3 Å². The molecule has 0 saturated heterocycles. The summed E-state index contributed by atoms with van der Waals surface area (Å²) in [6.45, 7) is 2.18. The predicted molar refractivity (Wildman–Crippen MR) is 87.5 cm³/mol. The molecule has 1 aromatic carbocycles. The maximum Gasteiger partial charge on any atom is 0.387 e. The van der Waals surface area contributed by atoms with Gasteiger partial charge in [0.05, 0.1) is 16.3 Å². The Morgan fingerprint density at radius 1 is 1.35 bits per heavy atom. The molecule has 0 aliphatic heterocycles. The molecular formula is C16H16F2N4O4. The monoisotopic (exact) mass is 366 g/mol. The molecule has 0 fully saturated rings. The molecule has 0 aliphatic carbocycles. The van der Waals surface area contributed by atoms with Crippen LogP contribution in [0.2, 0.25) is 0 Å². The van der Waals surface area contributed by atoms with Crippen molar-refractivity contribution in [2.45, 2.75) is 39.3 Å². The summed E-state index contributed by atoms with van der Waals surface area (Å²) in [4.78, 5) is 31.7. The van der Waals surface area contributed by atoms with Gasteiger partial charge in [0.25, 0.3) is 5.56 Å². The van der Waals surface area contributed by atoms with E-state index in [2.05, 4.69) is 19.9 Å². The van der Waals surface area contributed by atoms with E-state index in [9.17, 15) is 18.4 Å². The third-order valence-electron chi connectivity index (χ3n) is 3.84. The molecule has 0 saturated carbocycles. The van der Waals surface area contributed by atoms with Gasteiger partial charge in [-0.05, 0) is 32.9 Å². The molecule has 2 aromatic heterocycles. The van der Waals surface area contributed by atoms with Crippen LogP contribution in [0.15, 0.2) is 32.3 Å². The molecule has 1 N–H and O–H groups in total. The molecule has 3 rings (SSSR count). The lowest BCUT2D eigenvalue weighted by atomic mass is 9.93. The van der Waals surface area contributed by atoms with Gasteiger partial charge in [-0.2, -0.15) is 13.8 Å². The van der Waals surface area contributed by atoms with Crippen molar-refractivity contribution in [3.63, 3.8) is 0 Å². The molecule has 0 bridgehead atoms. The summed E-state index contributed by atoms with van der Waals surface area (Å²) in [7, 11) is 0. The van der Waals surface area contributed by atoms with E-state index in [0.717, 1.165) is 4.57 Å². The topological polar surface area (TPSA) is 103 Å². The second kappa shape index (κ2) is 6.36. The van der Waals surface area contributed by atoms with Gasteiger partial charge < -0.3 is 14.2 Å². The lowest BCUT2D eigenvalue weighted by Crippen LogP contribution is -2.40. The van der Waals surface area contributed by atoms with Crippen LogP contribution < -0.4 is 16.0 Å². The highest BCUT2D eigenvalue weighted by Gasteiger charge is 2.29. The maximum atomic E-state index is 12.7. The second-order valence-corrected chi connectivity index (χ2v) is 6.44. The van der Waals surface area contributed by atoms with E-state index in [1.807, 2.05) is 0 Å². The summed E-state index contributed by atoms with van der Waals surface area (Å²) in [6, 6.07) is 3.75. The lowest BCUT2D eigenvalue weighted by molar-refractivity contribution is -0.0497. The molecule has 2 heterocycles. The number of nitrogens with one attached hydrogen (secondary N) is 1. The fourth-order valence-corrected chi connectivity index (χ4v) is 2.59. The molecule has 0 atom stereocenters. The van der Waals surface area contributed by atoms with Crippen molar-refractivity contribution in [3.8, 4) is 5.75 Å². The fourth-order valence-electron chi connectivity index (χ4n) is 2.59. The number of fused-ring (bicyclic) bond motifs is 1. The highest BCUT2D eigenvalue weighted by Crippen LogP contribution is 2.23. The number of aromatic amines is 1. The van der Waals surface area contributed by atoms with E-state index in [4.69, 9.17) is 4.52 Å². The van der Waals surface area contributed by atoms with Gasteiger partial charge in [-0.1, -0.05) is 5.16 Å². The number of alkyl halides is 2. The molecule has 8 nitrogen and oxygen atoms in total. The van der Waals surface area contributed by atoms with Crippen molar-refractivity contribution in [1.29, 1.82) is 0 Å². The first kappa shape index (κ1) is 17.8. The van der Waals surface area contributed by atoms with E-state index < -0.39 is 23.3 Å². The Balaban J connectivity index is 2.04. The van der Waals surface area contributed by atoms with E-state index in [-0.39, 0.29) is 23.2 Å². The largest absolute Gasteiger partial charge is 0.435 e. The minimum Gasteiger partial charge on any atom is -0.435 e. The molecule has 0 spiro atoms. The molecular weight excluding hydrogens is 350 g/mol. The van der Waals surface area contributed by atoms with Crippen LogP contribution in [0.25, 0.3) is 10.9 Å². The van der Waals surface area contributed by atoms with Gasteiger partial charge in [-0.25, -0.2) is 4.79 Å². The Kier molecular flexibility index (Phi) is 4.34. The number of halogens is 2. The van der Waals surface area contributed by atoms with E-state index in [1.165, 1.54) is 18.2 Å². The summed E-state index contributed by atoms with van der Waals surface area (Å²) in [5.41, 5.74) is -1.90. The Labute approximate surface area is 145 Å². The van der Waals surface area contributed by atoms with Crippen molar-refractivity contribution in [3.05, 3.63) is 50.8 Å². The molecule has 0 unspecified atom stereocenters. The average molecular weight is 366 g/mol. The zero-order chi connectivity index (χ0) is 19.1. The van der Waals surface area contributed by atoms with Gasteiger partial charge in [-0.15, -0.1) is 0 Å². The first-order chi connectivity index (χ1) is 12.2. The van der Waals surface area contributed by atoms with Crippen LogP contribution in [-0.2, 0) is 12.0 Å². The summed E-state index contributed by atoms with van der Waals surface area (Å²) in [5, 5.41) is 3.89. The highest BCUT2D eigenvalue weighted by atomic mass is 19.3.